The van der Waals surface area contributed by atoms with Crippen LogP contribution in [0.25, 0.3) is 11.3 Å². The quantitative estimate of drug-likeness (QED) is 0.685. The number of benzene rings is 1. The van der Waals surface area contributed by atoms with Crippen molar-refractivity contribution in [2.45, 2.75) is 37.6 Å². The van der Waals surface area contributed by atoms with Crippen LogP contribution in [0.1, 0.15) is 25.3 Å². The summed E-state index contributed by atoms with van der Waals surface area (Å²) in [4.78, 5) is 0. The van der Waals surface area contributed by atoms with E-state index < -0.39 is 10.0 Å². The molecule has 2 aromatic rings. The topological polar surface area (TPSA) is 86.9 Å². The lowest BCUT2D eigenvalue weighted by atomic mass is 10.1. The molecule has 0 amide bonds. The average Bonchev–Trinajstić information content (AvgIpc) is 3.32. The summed E-state index contributed by atoms with van der Waals surface area (Å²) in [5.74, 6) is 0. The second-order valence-corrected chi connectivity index (χ2v) is 8.06. The van der Waals surface area contributed by atoms with Gasteiger partial charge in [-0.1, -0.05) is 30.3 Å². The molecule has 124 valence electrons. The Hall–Kier alpha value is -1.70. The predicted octanol–water partition coefficient (Wildman–Crippen LogP) is 1.64. The maximum absolute atomic E-state index is 11.8. The maximum atomic E-state index is 11.8. The third kappa shape index (κ3) is 4.19. The normalized spacial score (nSPS) is 16.4. The zero-order valence-corrected chi connectivity index (χ0v) is 13.9. The molecule has 0 spiro atoms. The van der Waals surface area contributed by atoms with Crippen LogP contribution in [-0.4, -0.2) is 36.5 Å². The van der Waals surface area contributed by atoms with E-state index in [1.54, 1.807) is 6.20 Å². The Morgan fingerprint density at radius 2 is 2.04 bits per heavy atom. The van der Waals surface area contributed by atoms with Gasteiger partial charge in [0.2, 0.25) is 10.0 Å². The fourth-order valence-corrected chi connectivity index (χ4v) is 3.87. The minimum absolute atomic E-state index is 0.0436. The zero-order chi connectivity index (χ0) is 16.3. The first-order valence-corrected chi connectivity index (χ1v) is 9.40. The number of nitrogens with one attached hydrogen (secondary N) is 3. The van der Waals surface area contributed by atoms with Gasteiger partial charge in [-0.15, -0.1) is 0 Å². The van der Waals surface area contributed by atoms with Crippen LogP contribution < -0.4 is 10.0 Å². The molecule has 23 heavy (non-hydrogen) atoms. The Kier molecular flexibility index (Phi) is 4.79. The van der Waals surface area contributed by atoms with E-state index in [9.17, 15) is 8.42 Å². The summed E-state index contributed by atoms with van der Waals surface area (Å²) in [5, 5.41) is 10.3. The molecule has 0 unspecified atom stereocenters. The molecule has 1 aliphatic carbocycles. The van der Waals surface area contributed by atoms with Crippen LogP contribution in [0, 0.1) is 0 Å². The van der Waals surface area contributed by atoms with Gasteiger partial charge in [-0.05, 0) is 25.3 Å². The van der Waals surface area contributed by atoms with E-state index in [1.807, 2.05) is 37.3 Å². The highest BCUT2D eigenvalue weighted by Crippen LogP contribution is 2.27. The summed E-state index contributed by atoms with van der Waals surface area (Å²) in [6, 6.07) is 10.1. The monoisotopic (exact) mass is 334 g/mol. The number of nitrogens with zero attached hydrogens (tertiary/aromatic N) is 1. The highest BCUT2D eigenvalue weighted by Gasteiger charge is 2.35. The molecule has 0 aliphatic heterocycles. The van der Waals surface area contributed by atoms with E-state index in [0.29, 0.717) is 13.1 Å². The molecule has 6 nitrogen and oxygen atoms in total. The van der Waals surface area contributed by atoms with Gasteiger partial charge in [0.25, 0.3) is 0 Å². The van der Waals surface area contributed by atoms with E-state index >= 15 is 0 Å². The molecule has 1 saturated carbocycles. The smallest absolute Gasteiger partial charge is 0.214 e. The van der Waals surface area contributed by atoms with Crippen LogP contribution in [0.3, 0.4) is 0 Å². The van der Waals surface area contributed by atoms with Crippen molar-refractivity contribution in [2.24, 2.45) is 0 Å². The van der Waals surface area contributed by atoms with E-state index in [0.717, 1.165) is 29.7 Å². The Labute approximate surface area is 136 Å². The number of sulfonamides is 1. The third-order valence-electron chi connectivity index (χ3n) is 3.98. The minimum Gasteiger partial charge on any atom is -0.309 e. The first-order chi connectivity index (χ1) is 11.1. The van der Waals surface area contributed by atoms with Crippen molar-refractivity contribution >= 4 is 10.0 Å². The van der Waals surface area contributed by atoms with Gasteiger partial charge in [-0.25, -0.2) is 13.1 Å². The number of aromatic nitrogens is 2. The number of hydrogen-bond acceptors (Lipinski definition) is 4. The molecule has 0 radical (unpaired) electrons. The van der Waals surface area contributed by atoms with Crippen molar-refractivity contribution in [1.82, 2.24) is 20.2 Å². The lowest BCUT2D eigenvalue weighted by Crippen LogP contribution is -2.39. The minimum atomic E-state index is -3.11. The summed E-state index contributed by atoms with van der Waals surface area (Å²) in [5.41, 5.74) is 3.14. The highest BCUT2D eigenvalue weighted by atomic mass is 32.2. The Morgan fingerprint density at radius 3 is 2.74 bits per heavy atom. The summed E-state index contributed by atoms with van der Waals surface area (Å²) in [6.07, 6.45) is 3.37. The predicted molar refractivity (Wildman–Crippen MR) is 90.3 cm³/mol. The molecule has 7 heteroatoms. The van der Waals surface area contributed by atoms with E-state index in [-0.39, 0.29) is 11.3 Å². The summed E-state index contributed by atoms with van der Waals surface area (Å²) in [6.45, 7) is 3.00. The van der Waals surface area contributed by atoms with Crippen molar-refractivity contribution < 1.29 is 8.42 Å². The van der Waals surface area contributed by atoms with Gasteiger partial charge in [0.05, 0.1) is 17.1 Å². The molecule has 0 bridgehead atoms. The lowest BCUT2D eigenvalue weighted by molar-refractivity contribution is 0.524. The standard InChI is InChI=1S/C16H22N4O2S/c1-12(9-19-23(21,22)15-7-8-15)17-10-14-11-18-20-16(14)13-5-3-2-4-6-13/h2-6,11-12,15,17,19H,7-10H2,1H3,(H,18,20)/t12-/m1/s1. The van der Waals surface area contributed by atoms with Crippen LogP contribution in [0.2, 0.25) is 0 Å². The molecule has 3 N–H and O–H groups in total. The van der Waals surface area contributed by atoms with Gasteiger partial charge in [0, 0.05) is 24.7 Å². The number of rotatable bonds is 8. The van der Waals surface area contributed by atoms with E-state index in [4.69, 9.17) is 0 Å². The molecule has 1 aromatic carbocycles. The van der Waals surface area contributed by atoms with Crippen molar-refractivity contribution in [1.29, 1.82) is 0 Å². The van der Waals surface area contributed by atoms with Gasteiger partial charge in [0.1, 0.15) is 0 Å². The molecule has 1 fully saturated rings. The molecule has 1 aromatic heterocycles. The molecular weight excluding hydrogens is 312 g/mol. The summed E-state index contributed by atoms with van der Waals surface area (Å²) < 4.78 is 26.3. The van der Waals surface area contributed by atoms with Gasteiger partial charge in [-0.3, -0.25) is 5.10 Å². The van der Waals surface area contributed by atoms with Gasteiger partial charge in [-0.2, -0.15) is 5.10 Å². The van der Waals surface area contributed by atoms with Crippen LogP contribution in [0.5, 0.6) is 0 Å². The first-order valence-electron chi connectivity index (χ1n) is 7.86. The largest absolute Gasteiger partial charge is 0.309 e. The molecular formula is C16H22N4O2S. The lowest BCUT2D eigenvalue weighted by Gasteiger charge is -2.15. The van der Waals surface area contributed by atoms with Crippen LogP contribution in [-0.2, 0) is 16.6 Å². The first kappa shape index (κ1) is 16.2. The van der Waals surface area contributed by atoms with Gasteiger partial charge < -0.3 is 5.32 Å². The SMILES string of the molecule is C[C@H](CNS(=O)(=O)C1CC1)NCc1cn[nH]c1-c1ccccc1. The van der Waals surface area contributed by atoms with E-state index in [1.165, 1.54) is 0 Å². The van der Waals surface area contributed by atoms with Crippen molar-refractivity contribution in [3.63, 3.8) is 0 Å². The zero-order valence-electron chi connectivity index (χ0n) is 13.1. The number of hydrogen-bond donors (Lipinski definition) is 3. The van der Waals surface area contributed by atoms with Crippen LogP contribution >= 0.6 is 0 Å². The Morgan fingerprint density at radius 1 is 1.30 bits per heavy atom. The van der Waals surface area contributed by atoms with Crippen molar-refractivity contribution in [2.75, 3.05) is 6.54 Å². The average molecular weight is 334 g/mol. The second kappa shape index (κ2) is 6.82. The molecule has 1 atom stereocenters. The number of aromatic amines is 1. The second-order valence-electron chi connectivity index (χ2n) is 6.01. The maximum Gasteiger partial charge on any atom is 0.214 e. The number of H-pyrrole nitrogens is 1. The Balaban J connectivity index is 1.53. The van der Waals surface area contributed by atoms with Gasteiger partial charge >= 0.3 is 0 Å². The third-order valence-corrected chi connectivity index (χ3v) is 5.89. The fourth-order valence-electron chi connectivity index (χ4n) is 2.39. The highest BCUT2D eigenvalue weighted by molar-refractivity contribution is 7.90. The van der Waals surface area contributed by atoms with Gasteiger partial charge in [0.15, 0.2) is 0 Å². The van der Waals surface area contributed by atoms with Crippen LogP contribution in [0.15, 0.2) is 36.5 Å². The van der Waals surface area contributed by atoms with E-state index in [2.05, 4.69) is 20.2 Å². The molecule has 1 aliphatic rings. The van der Waals surface area contributed by atoms with Crippen molar-refractivity contribution in [3.05, 3.63) is 42.1 Å². The summed E-state index contributed by atoms with van der Waals surface area (Å²) >= 11 is 0. The molecule has 0 saturated heterocycles. The summed E-state index contributed by atoms with van der Waals surface area (Å²) in [7, 11) is -3.11. The van der Waals surface area contributed by atoms with Crippen molar-refractivity contribution in [3.8, 4) is 11.3 Å². The van der Waals surface area contributed by atoms with Crippen LogP contribution in [0.4, 0.5) is 0 Å². The fraction of sp³-hybridized carbons (Fsp3) is 0.438. The Bertz CT molecular complexity index is 738. The molecule has 3 rings (SSSR count). The molecule has 1 heterocycles.